The van der Waals surface area contributed by atoms with Gasteiger partial charge in [-0.2, -0.15) is 13.9 Å². The summed E-state index contributed by atoms with van der Waals surface area (Å²) in [6, 6.07) is 1.13. The average Bonchev–Trinajstić information content (AvgIpc) is 3.35. The molecule has 0 unspecified atom stereocenters. The van der Waals surface area contributed by atoms with E-state index < -0.39 is 71.7 Å². The molecular weight excluding hydrogens is 444 g/mol. The van der Waals surface area contributed by atoms with Gasteiger partial charge >= 0.3 is 5.97 Å². The Balaban J connectivity index is 1.55. The number of carbonyl (C=O) groups excluding carboxylic acids is 2. The van der Waals surface area contributed by atoms with Crippen LogP contribution in [0.15, 0.2) is 18.2 Å². The van der Waals surface area contributed by atoms with Gasteiger partial charge in [-0.05, 0) is 30.0 Å². The lowest BCUT2D eigenvalue weighted by molar-refractivity contribution is -0.145. The fraction of sp³-hybridized carbons (Fsp3) is 0.450. The average molecular weight is 461 g/mol. The van der Waals surface area contributed by atoms with Crippen molar-refractivity contribution in [2.24, 2.45) is 5.92 Å². The minimum atomic E-state index is -3.40. The first-order chi connectivity index (χ1) is 15.0. The molecule has 1 heterocycles. The summed E-state index contributed by atoms with van der Waals surface area (Å²) in [5, 5.41) is 5.77. The van der Waals surface area contributed by atoms with Gasteiger partial charge in [-0.25, -0.2) is 22.4 Å². The van der Waals surface area contributed by atoms with Gasteiger partial charge in [-0.3, -0.25) is 9.48 Å². The monoisotopic (exact) mass is 461 g/mol. The Labute approximate surface area is 177 Å². The van der Waals surface area contributed by atoms with Crippen LogP contribution in [-0.2, 0) is 33.2 Å². The Morgan fingerprint density at radius 1 is 1.25 bits per heavy atom. The molecule has 1 fully saturated rings. The number of carbonyl (C=O) groups is 2. The SMILES string of the molecule is COC(=O)[C@H](Cc1cc(F)cc(F)c1)NC(=O)Cn1nc(C(F)F)c2c1C(F)(F)[C@@H]1C[C@H]21. The maximum Gasteiger partial charge on any atom is 0.328 e. The molecule has 12 heteroatoms. The van der Waals surface area contributed by atoms with Gasteiger partial charge in [0.25, 0.3) is 12.3 Å². The van der Waals surface area contributed by atoms with E-state index >= 15 is 0 Å². The molecule has 1 N–H and O–H groups in total. The van der Waals surface area contributed by atoms with Crippen molar-refractivity contribution in [3.05, 3.63) is 52.3 Å². The van der Waals surface area contributed by atoms with Crippen molar-refractivity contribution in [3.63, 3.8) is 0 Å². The molecule has 32 heavy (non-hydrogen) atoms. The highest BCUT2D eigenvalue weighted by atomic mass is 19.3. The van der Waals surface area contributed by atoms with Crippen molar-refractivity contribution in [2.75, 3.05) is 7.11 Å². The quantitative estimate of drug-likeness (QED) is 0.508. The molecule has 2 aromatic rings. The number of ether oxygens (including phenoxy) is 1. The number of halogens is 6. The molecule has 1 aromatic heterocycles. The molecule has 2 aliphatic carbocycles. The van der Waals surface area contributed by atoms with E-state index in [1.165, 1.54) is 0 Å². The second-order valence-electron chi connectivity index (χ2n) is 7.80. The second-order valence-corrected chi connectivity index (χ2v) is 7.80. The molecule has 0 radical (unpaired) electrons. The number of amides is 1. The van der Waals surface area contributed by atoms with Crippen LogP contribution in [0.3, 0.4) is 0 Å². The van der Waals surface area contributed by atoms with Crippen LogP contribution >= 0.6 is 0 Å². The first-order valence-electron chi connectivity index (χ1n) is 9.62. The number of methoxy groups -OCH3 is 1. The Kier molecular flexibility index (Phi) is 5.41. The molecule has 0 spiro atoms. The minimum absolute atomic E-state index is 0.0322. The molecule has 6 nitrogen and oxygen atoms in total. The molecule has 1 saturated carbocycles. The van der Waals surface area contributed by atoms with Gasteiger partial charge < -0.3 is 10.1 Å². The topological polar surface area (TPSA) is 73.2 Å². The van der Waals surface area contributed by atoms with Crippen molar-refractivity contribution in [1.29, 1.82) is 0 Å². The lowest BCUT2D eigenvalue weighted by atomic mass is 10.1. The van der Waals surface area contributed by atoms with E-state index in [4.69, 9.17) is 0 Å². The zero-order valence-electron chi connectivity index (χ0n) is 16.5. The first kappa shape index (κ1) is 22.2. The summed E-state index contributed by atoms with van der Waals surface area (Å²) in [4.78, 5) is 24.5. The highest BCUT2D eigenvalue weighted by molar-refractivity contribution is 5.84. The van der Waals surface area contributed by atoms with E-state index in [2.05, 4.69) is 15.2 Å². The van der Waals surface area contributed by atoms with Gasteiger partial charge in [-0.1, -0.05) is 0 Å². The van der Waals surface area contributed by atoms with Crippen LogP contribution in [0.1, 0.15) is 41.3 Å². The normalized spacial score (nSPS) is 21.1. The number of alkyl halides is 4. The third kappa shape index (κ3) is 3.82. The molecule has 4 rings (SSSR count). The Morgan fingerprint density at radius 2 is 1.91 bits per heavy atom. The van der Waals surface area contributed by atoms with Crippen LogP contribution in [0.5, 0.6) is 0 Å². The van der Waals surface area contributed by atoms with E-state index in [0.29, 0.717) is 10.7 Å². The first-order valence-corrected chi connectivity index (χ1v) is 9.62. The standard InChI is InChI=1S/C20H17F6N3O3/c1-32-19(31)13(4-8-2-9(21)5-10(22)3-8)27-14(30)7-29-17-15(16(28-29)18(23)24)11-6-12(11)20(17,25)26/h2-3,5,11-13,18H,4,6-7H2,1H3,(H,27,30)/t11-,12+,13-/m0/s1. The molecule has 3 atom stereocenters. The fourth-order valence-electron chi connectivity index (χ4n) is 4.25. The van der Waals surface area contributed by atoms with E-state index in [0.717, 1.165) is 19.2 Å². The van der Waals surface area contributed by atoms with Gasteiger partial charge in [0, 0.05) is 24.0 Å². The lowest BCUT2D eigenvalue weighted by Crippen LogP contribution is -2.44. The number of nitrogens with zero attached hydrogens (tertiary/aromatic N) is 2. The molecule has 1 amide bonds. The summed E-state index contributed by atoms with van der Waals surface area (Å²) in [5.41, 5.74) is -1.68. The highest BCUT2D eigenvalue weighted by Gasteiger charge is 2.67. The fourth-order valence-corrected chi connectivity index (χ4v) is 4.25. The number of fused-ring (bicyclic) bond motifs is 3. The van der Waals surface area contributed by atoms with Gasteiger partial charge in [-0.15, -0.1) is 0 Å². The van der Waals surface area contributed by atoms with Crippen LogP contribution in [-0.4, -0.2) is 34.8 Å². The smallest absolute Gasteiger partial charge is 0.328 e. The number of rotatable bonds is 7. The Bertz CT molecular complexity index is 1070. The second kappa shape index (κ2) is 7.82. The minimum Gasteiger partial charge on any atom is -0.467 e. The highest BCUT2D eigenvalue weighted by Crippen LogP contribution is 2.68. The molecule has 2 aliphatic rings. The van der Waals surface area contributed by atoms with Crippen molar-refractivity contribution < 1.29 is 40.7 Å². The molecule has 0 bridgehead atoms. The van der Waals surface area contributed by atoms with Crippen molar-refractivity contribution in [2.45, 2.75) is 43.7 Å². The molecule has 0 aliphatic heterocycles. The van der Waals surface area contributed by atoms with Crippen LogP contribution in [0.4, 0.5) is 26.3 Å². The van der Waals surface area contributed by atoms with Crippen molar-refractivity contribution >= 4 is 11.9 Å². The third-order valence-electron chi connectivity index (χ3n) is 5.64. The van der Waals surface area contributed by atoms with Gasteiger partial charge in [0.2, 0.25) is 5.91 Å². The van der Waals surface area contributed by atoms with Crippen LogP contribution in [0, 0.1) is 17.6 Å². The summed E-state index contributed by atoms with van der Waals surface area (Å²) in [5.74, 6) is -8.95. The van der Waals surface area contributed by atoms with Crippen LogP contribution in [0.25, 0.3) is 0 Å². The number of benzene rings is 1. The molecule has 0 saturated heterocycles. The van der Waals surface area contributed by atoms with E-state index in [-0.39, 0.29) is 24.0 Å². The zero-order valence-corrected chi connectivity index (χ0v) is 16.5. The van der Waals surface area contributed by atoms with E-state index in [9.17, 15) is 35.9 Å². The summed E-state index contributed by atoms with van der Waals surface area (Å²) in [6.07, 6.45) is -3.37. The molecular formula is C20H17F6N3O3. The number of aromatic nitrogens is 2. The number of hydrogen-bond donors (Lipinski definition) is 1. The molecule has 1 aromatic carbocycles. The Morgan fingerprint density at radius 3 is 2.50 bits per heavy atom. The number of hydrogen-bond acceptors (Lipinski definition) is 4. The maximum absolute atomic E-state index is 14.6. The Hall–Kier alpha value is -3.05. The summed E-state index contributed by atoms with van der Waals surface area (Å²) in [6.45, 7) is -0.852. The van der Waals surface area contributed by atoms with Gasteiger partial charge in [0.15, 0.2) is 0 Å². The predicted octanol–water partition coefficient (Wildman–Crippen LogP) is 3.21. The lowest BCUT2D eigenvalue weighted by Gasteiger charge is -2.18. The van der Waals surface area contributed by atoms with Crippen molar-refractivity contribution in [1.82, 2.24) is 15.1 Å². The predicted molar refractivity (Wildman–Crippen MR) is 95.9 cm³/mol. The van der Waals surface area contributed by atoms with Crippen molar-refractivity contribution in [3.8, 4) is 0 Å². The van der Waals surface area contributed by atoms with Gasteiger partial charge in [0.1, 0.15) is 35.6 Å². The molecule has 172 valence electrons. The van der Waals surface area contributed by atoms with E-state index in [1.54, 1.807) is 0 Å². The van der Waals surface area contributed by atoms with Crippen LogP contribution in [0.2, 0.25) is 0 Å². The largest absolute Gasteiger partial charge is 0.467 e. The number of esters is 1. The number of nitrogens with one attached hydrogen (secondary N) is 1. The summed E-state index contributed by atoms with van der Waals surface area (Å²) >= 11 is 0. The van der Waals surface area contributed by atoms with Gasteiger partial charge in [0.05, 0.1) is 7.11 Å². The maximum atomic E-state index is 14.6. The van der Waals surface area contributed by atoms with Crippen LogP contribution < -0.4 is 5.32 Å². The third-order valence-corrected chi connectivity index (χ3v) is 5.64. The summed E-state index contributed by atoms with van der Waals surface area (Å²) < 4.78 is 87.8. The summed E-state index contributed by atoms with van der Waals surface area (Å²) in [7, 11) is 1.02. The zero-order chi connectivity index (χ0) is 23.4. The van der Waals surface area contributed by atoms with E-state index in [1.807, 2.05) is 0 Å².